The van der Waals surface area contributed by atoms with Gasteiger partial charge in [0.1, 0.15) is 7.11 Å². The molecule has 0 amide bonds. The summed E-state index contributed by atoms with van der Waals surface area (Å²) < 4.78 is 0. The summed E-state index contributed by atoms with van der Waals surface area (Å²) in [4.78, 5) is 4.76. The van der Waals surface area contributed by atoms with E-state index in [1.807, 2.05) is 6.92 Å². The number of allylic oxidation sites excluding steroid dienone is 4. The number of hydrogen-bond acceptors (Lipinski definition) is 2. The molecular weight excluding hydrogens is 246 g/mol. The van der Waals surface area contributed by atoms with Crippen LogP contribution in [0.2, 0.25) is 0 Å². The Labute approximate surface area is 126 Å². The second-order valence-corrected chi connectivity index (χ2v) is 6.91. The van der Waals surface area contributed by atoms with Crippen molar-refractivity contribution in [3.63, 3.8) is 0 Å². The second kappa shape index (κ2) is 9.79. The Morgan fingerprint density at radius 3 is 2.10 bits per heavy atom. The molecule has 116 valence electrons. The van der Waals surface area contributed by atoms with Gasteiger partial charge < -0.3 is 4.84 Å². The van der Waals surface area contributed by atoms with Crippen LogP contribution in [0.1, 0.15) is 73.6 Å². The Hall–Kier alpha value is -1.05. The van der Waals surface area contributed by atoms with Crippen molar-refractivity contribution in [3.8, 4) is 0 Å². The van der Waals surface area contributed by atoms with Crippen molar-refractivity contribution in [2.45, 2.75) is 73.6 Å². The highest BCUT2D eigenvalue weighted by atomic mass is 16.6. The molecule has 0 spiro atoms. The highest BCUT2D eigenvalue weighted by Gasteiger charge is 2.07. The van der Waals surface area contributed by atoms with E-state index in [-0.39, 0.29) is 0 Å². The highest BCUT2D eigenvalue weighted by Crippen LogP contribution is 2.21. The van der Waals surface area contributed by atoms with E-state index in [1.165, 1.54) is 17.6 Å². The molecule has 0 heterocycles. The fourth-order valence-corrected chi connectivity index (χ4v) is 1.81. The van der Waals surface area contributed by atoms with Gasteiger partial charge in [-0.1, -0.05) is 49.2 Å². The Morgan fingerprint density at radius 1 is 0.950 bits per heavy atom. The summed E-state index contributed by atoms with van der Waals surface area (Å²) in [5, 5.41) is 3.93. The van der Waals surface area contributed by atoms with Crippen LogP contribution in [-0.4, -0.2) is 12.8 Å². The first-order chi connectivity index (χ1) is 9.24. The molecule has 0 N–H and O–H groups in total. The van der Waals surface area contributed by atoms with Crippen molar-refractivity contribution in [2.24, 2.45) is 10.6 Å². The summed E-state index contributed by atoms with van der Waals surface area (Å²) in [5.74, 6) is 0. The molecular formula is C18H33NO. The largest absolute Gasteiger partial charge is 0.399 e. The smallest absolute Gasteiger partial charge is 0.106 e. The first-order valence-corrected chi connectivity index (χ1v) is 7.62. The van der Waals surface area contributed by atoms with E-state index in [9.17, 15) is 0 Å². The molecule has 0 atom stereocenters. The summed E-state index contributed by atoms with van der Waals surface area (Å²) in [6, 6.07) is 0. The summed E-state index contributed by atoms with van der Waals surface area (Å²) in [7, 11) is 1.60. The van der Waals surface area contributed by atoms with Crippen LogP contribution in [0.25, 0.3) is 0 Å². The maximum atomic E-state index is 4.76. The van der Waals surface area contributed by atoms with Crippen LogP contribution < -0.4 is 0 Å². The molecule has 0 rings (SSSR count). The SMILES string of the molecule is CO/N=C(\C)CC/C(C)=C/CC/C(C)=C/CC(C)(C)C. The molecule has 0 aliphatic heterocycles. The fourth-order valence-electron chi connectivity index (χ4n) is 1.81. The molecule has 0 bridgehead atoms. The molecule has 2 nitrogen and oxygen atoms in total. The zero-order valence-corrected chi connectivity index (χ0v) is 14.5. The second-order valence-electron chi connectivity index (χ2n) is 6.91. The number of hydrogen-bond donors (Lipinski definition) is 0. The topological polar surface area (TPSA) is 21.6 Å². The van der Waals surface area contributed by atoms with E-state index in [0.29, 0.717) is 5.41 Å². The number of nitrogens with zero attached hydrogens (tertiary/aromatic N) is 1. The van der Waals surface area contributed by atoms with Crippen molar-refractivity contribution in [2.75, 3.05) is 7.11 Å². The lowest BCUT2D eigenvalue weighted by atomic mass is 9.91. The van der Waals surface area contributed by atoms with Crippen molar-refractivity contribution in [3.05, 3.63) is 23.3 Å². The van der Waals surface area contributed by atoms with Crippen molar-refractivity contribution in [1.29, 1.82) is 0 Å². The molecule has 0 aliphatic rings. The lowest BCUT2D eigenvalue weighted by molar-refractivity contribution is 0.212. The third-order valence-corrected chi connectivity index (χ3v) is 3.22. The van der Waals surface area contributed by atoms with Crippen molar-refractivity contribution in [1.82, 2.24) is 0 Å². The van der Waals surface area contributed by atoms with Gasteiger partial charge in [0.25, 0.3) is 0 Å². The minimum Gasteiger partial charge on any atom is -0.399 e. The zero-order valence-electron chi connectivity index (χ0n) is 14.5. The van der Waals surface area contributed by atoms with Gasteiger partial charge in [0, 0.05) is 0 Å². The van der Waals surface area contributed by atoms with Gasteiger partial charge in [-0.25, -0.2) is 0 Å². The molecule has 0 unspecified atom stereocenters. The molecule has 2 heteroatoms. The average molecular weight is 279 g/mol. The third kappa shape index (κ3) is 12.0. The summed E-state index contributed by atoms with van der Waals surface area (Å²) in [5.41, 5.74) is 4.40. The van der Waals surface area contributed by atoms with Gasteiger partial charge in [0.2, 0.25) is 0 Å². The maximum Gasteiger partial charge on any atom is 0.106 e. The van der Waals surface area contributed by atoms with Crippen LogP contribution in [0.15, 0.2) is 28.5 Å². The lowest BCUT2D eigenvalue weighted by Crippen LogP contribution is -2.02. The van der Waals surface area contributed by atoms with Gasteiger partial charge in [0.15, 0.2) is 0 Å². The third-order valence-electron chi connectivity index (χ3n) is 3.22. The Morgan fingerprint density at radius 2 is 1.55 bits per heavy atom. The Kier molecular flexibility index (Phi) is 9.28. The van der Waals surface area contributed by atoms with E-state index in [2.05, 4.69) is 51.9 Å². The number of rotatable bonds is 8. The van der Waals surface area contributed by atoms with E-state index in [4.69, 9.17) is 4.84 Å². The van der Waals surface area contributed by atoms with Crippen LogP contribution in [0.5, 0.6) is 0 Å². The molecule has 0 aromatic carbocycles. The molecule has 0 radical (unpaired) electrons. The zero-order chi connectivity index (χ0) is 15.6. The van der Waals surface area contributed by atoms with E-state index >= 15 is 0 Å². The van der Waals surface area contributed by atoms with Crippen molar-refractivity contribution < 1.29 is 4.84 Å². The lowest BCUT2D eigenvalue weighted by Gasteiger charge is -2.15. The molecule has 0 aromatic rings. The van der Waals surface area contributed by atoms with Crippen molar-refractivity contribution >= 4 is 5.71 Å². The fraction of sp³-hybridized carbons (Fsp3) is 0.722. The van der Waals surface area contributed by atoms with Gasteiger partial charge in [0.05, 0.1) is 5.71 Å². The molecule has 20 heavy (non-hydrogen) atoms. The predicted molar refractivity (Wildman–Crippen MR) is 90.2 cm³/mol. The molecule has 0 saturated heterocycles. The normalized spacial score (nSPS) is 14.7. The summed E-state index contributed by atoms with van der Waals surface area (Å²) in [6.45, 7) is 13.3. The van der Waals surface area contributed by atoms with Crippen LogP contribution in [0.4, 0.5) is 0 Å². The van der Waals surface area contributed by atoms with E-state index in [0.717, 1.165) is 31.4 Å². The van der Waals surface area contributed by atoms with Gasteiger partial charge in [-0.3, -0.25) is 0 Å². The van der Waals surface area contributed by atoms with Gasteiger partial charge in [-0.15, -0.1) is 0 Å². The molecule has 0 aliphatic carbocycles. The highest BCUT2D eigenvalue weighted by molar-refractivity contribution is 5.81. The summed E-state index contributed by atoms with van der Waals surface area (Å²) >= 11 is 0. The first kappa shape index (κ1) is 18.9. The van der Waals surface area contributed by atoms with Crippen LogP contribution in [0, 0.1) is 5.41 Å². The standard InChI is InChI=1S/C18H33NO/c1-15(11-12-17(3)19-20-7)9-8-10-16(2)13-14-18(4,5)6/h9,13H,8,10-12,14H2,1-7H3/b15-9+,16-13+,19-17+. The van der Waals surface area contributed by atoms with Gasteiger partial charge in [-0.05, 0) is 58.3 Å². The first-order valence-electron chi connectivity index (χ1n) is 7.62. The average Bonchev–Trinajstić information content (AvgIpc) is 2.33. The van der Waals surface area contributed by atoms with E-state index in [1.54, 1.807) is 7.11 Å². The number of oxime groups is 1. The van der Waals surface area contributed by atoms with Gasteiger partial charge in [-0.2, -0.15) is 0 Å². The molecule has 0 aromatic heterocycles. The minimum absolute atomic E-state index is 0.394. The quantitative estimate of drug-likeness (QED) is 0.308. The molecule has 0 fully saturated rings. The van der Waals surface area contributed by atoms with Crippen LogP contribution >= 0.6 is 0 Å². The Bertz CT molecular complexity index is 356. The van der Waals surface area contributed by atoms with E-state index < -0.39 is 0 Å². The maximum absolute atomic E-state index is 4.76. The van der Waals surface area contributed by atoms with Crippen LogP contribution in [-0.2, 0) is 4.84 Å². The Balaban J connectivity index is 4.02. The predicted octanol–water partition coefficient (Wildman–Crippen LogP) is 5.90. The monoisotopic (exact) mass is 279 g/mol. The minimum atomic E-state index is 0.394. The summed E-state index contributed by atoms with van der Waals surface area (Å²) in [6.07, 6.45) is 10.3. The molecule has 0 saturated carbocycles. The van der Waals surface area contributed by atoms with Gasteiger partial charge >= 0.3 is 0 Å². The van der Waals surface area contributed by atoms with Crippen LogP contribution in [0.3, 0.4) is 0 Å².